The first-order chi connectivity index (χ1) is 7.83. The van der Waals surface area contributed by atoms with Crippen LogP contribution < -0.4 is 4.90 Å². The van der Waals surface area contributed by atoms with Crippen molar-refractivity contribution in [3.63, 3.8) is 0 Å². The summed E-state index contributed by atoms with van der Waals surface area (Å²) < 4.78 is 0.903. The molecule has 0 fully saturated rings. The van der Waals surface area contributed by atoms with Crippen LogP contribution in [0.15, 0.2) is 47.3 Å². The molecule has 82 valence electrons. The summed E-state index contributed by atoms with van der Waals surface area (Å²) in [7, 11) is 0. The summed E-state index contributed by atoms with van der Waals surface area (Å²) in [5.41, 5.74) is 1.13. The van der Waals surface area contributed by atoms with E-state index in [2.05, 4.69) is 49.9 Å². The molecule has 0 aliphatic carbocycles. The number of rotatable bonds is 3. The minimum atomic E-state index is 0.861. The Morgan fingerprint density at radius 3 is 2.62 bits per heavy atom. The zero-order valence-electron chi connectivity index (χ0n) is 8.97. The van der Waals surface area contributed by atoms with Gasteiger partial charge in [0.1, 0.15) is 6.33 Å². The third-order valence-corrected chi connectivity index (χ3v) is 2.85. The molecular formula is C12H12BrN3. The SMILES string of the molecule is CCN(c1ccccc1)c1ncncc1Br. The van der Waals surface area contributed by atoms with Crippen LogP contribution in [0.4, 0.5) is 11.5 Å². The molecule has 0 aliphatic rings. The Bertz CT molecular complexity index is 459. The van der Waals surface area contributed by atoms with Crippen molar-refractivity contribution in [3.05, 3.63) is 47.3 Å². The summed E-state index contributed by atoms with van der Waals surface area (Å²) in [6.07, 6.45) is 3.32. The molecule has 2 rings (SSSR count). The van der Waals surface area contributed by atoms with E-state index in [9.17, 15) is 0 Å². The highest BCUT2D eigenvalue weighted by atomic mass is 79.9. The van der Waals surface area contributed by atoms with Gasteiger partial charge in [-0.1, -0.05) is 18.2 Å². The van der Waals surface area contributed by atoms with Gasteiger partial charge in [-0.15, -0.1) is 0 Å². The Labute approximate surface area is 103 Å². The highest BCUT2D eigenvalue weighted by Crippen LogP contribution is 2.28. The van der Waals surface area contributed by atoms with E-state index in [1.165, 1.54) is 0 Å². The van der Waals surface area contributed by atoms with Gasteiger partial charge in [0.25, 0.3) is 0 Å². The zero-order chi connectivity index (χ0) is 11.4. The Morgan fingerprint density at radius 2 is 2.00 bits per heavy atom. The minimum absolute atomic E-state index is 0.861. The summed E-state index contributed by atoms with van der Waals surface area (Å²) >= 11 is 3.47. The maximum Gasteiger partial charge on any atom is 0.150 e. The maximum absolute atomic E-state index is 4.29. The fraction of sp³-hybridized carbons (Fsp3) is 0.167. The Morgan fingerprint density at radius 1 is 1.25 bits per heavy atom. The second-order valence-corrected chi connectivity index (χ2v) is 4.13. The predicted molar refractivity (Wildman–Crippen MR) is 68.9 cm³/mol. The van der Waals surface area contributed by atoms with Gasteiger partial charge in [0.2, 0.25) is 0 Å². The Kier molecular flexibility index (Phi) is 3.51. The molecule has 16 heavy (non-hydrogen) atoms. The second kappa shape index (κ2) is 5.07. The van der Waals surface area contributed by atoms with E-state index in [0.29, 0.717) is 0 Å². The van der Waals surface area contributed by atoms with Gasteiger partial charge in [0, 0.05) is 18.4 Å². The number of aromatic nitrogens is 2. The lowest BCUT2D eigenvalue weighted by Gasteiger charge is -2.22. The molecule has 0 aliphatic heterocycles. The van der Waals surface area contributed by atoms with E-state index >= 15 is 0 Å². The molecule has 0 N–H and O–H groups in total. The van der Waals surface area contributed by atoms with Crippen LogP contribution in [-0.2, 0) is 0 Å². The number of nitrogens with zero attached hydrogens (tertiary/aromatic N) is 3. The van der Waals surface area contributed by atoms with Gasteiger partial charge in [-0.05, 0) is 35.0 Å². The van der Waals surface area contributed by atoms with E-state index in [-0.39, 0.29) is 0 Å². The van der Waals surface area contributed by atoms with Crippen molar-refractivity contribution in [3.8, 4) is 0 Å². The second-order valence-electron chi connectivity index (χ2n) is 3.27. The smallest absolute Gasteiger partial charge is 0.150 e. The molecule has 1 aromatic heterocycles. The standard InChI is InChI=1S/C12H12BrN3/c1-2-16(10-6-4-3-5-7-10)12-11(13)8-14-9-15-12/h3-9H,2H2,1H3. The average Bonchev–Trinajstić information content (AvgIpc) is 2.34. The van der Waals surface area contributed by atoms with Gasteiger partial charge in [-0.25, -0.2) is 9.97 Å². The van der Waals surface area contributed by atoms with Crippen LogP contribution in [0.2, 0.25) is 0 Å². The molecule has 3 nitrogen and oxygen atoms in total. The van der Waals surface area contributed by atoms with Gasteiger partial charge in [0.15, 0.2) is 5.82 Å². The fourth-order valence-corrected chi connectivity index (χ4v) is 2.00. The van der Waals surface area contributed by atoms with E-state index in [0.717, 1.165) is 22.5 Å². The first-order valence-corrected chi connectivity index (χ1v) is 5.90. The number of benzene rings is 1. The van der Waals surface area contributed by atoms with Gasteiger partial charge in [0.05, 0.1) is 4.47 Å². The lowest BCUT2D eigenvalue weighted by Crippen LogP contribution is -2.17. The van der Waals surface area contributed by atoms with Crippen molar-refractivity contribution in [1.82, 2.24) is 9.97 Å². The number of hydrogen-bond acceptors (Lipinski definition) is 3. The van der Waals surface area contributed by atoms with Crippen molar-refractivity contribution in [2.45, 2.75) is 6.92 Å². The molecule has 0 amide bonds. The molecule has 0 atom stereocenters. The molecule has 4 heteroatoms. The summed E-state index contributed by atoms with van der Waals surface area (Å²) in [6.45, 7) is 2.96. The topological polar surface area (TPSA) is 29.0 Å². The lowest BCUT2D eigenvalue weighted by atomic mass is 10.3. The fourth-order valence-electron chi connectivity index (χ4n) is 1.57. The monoisotopic (exact) mass is 277 g/mol. The van der Waals surface area contributed by atoms with Crippen molar-refractivity contribution in [1.29, 1.82) is 0 Å². The number of para-hydroxylation sites is 1. The van der Waals surface area contributed by atoms with Crippen LogP contribution in [0, 0.1) is 0 Å². The van der Waals surface area contributed by atoms with Gasteiger partial charge >= 0.3 is 0 Å². The summed E-state index contributed by atoms with van der Waals surface area (Å²) in [6, 6.07) is 10.2. The van der Waals surface area contributed by atoms with Crippen molar-refractivity contribution in [2.75, 3.05) is 11.4 Å². The van der Waals surface area contributed by atoms with E-state index in [1.54, 1.807) is 12.5 Å². The highest BCUT2D eigenvalue weighted by Gasteiger charge is 2.11. The van der Waals surface area contributed by atoms with E-state index in [1.807, 2.05) is 18.2 Å². The molecule has 0 bridgehead atoms. The van der Waals surface area contributed by atoms with Gasteiger partial charge in [-0.2, -0.15) is 0 Å². The first-order valence-electron chi connectivity index (χ1n) is 5.11. The minimum Gasteiger partial charge on any atom is -0.326 e. The molecule has 1 heterocycles. The van der Waals surface area contributed by atoms with Crippen molar-refractivity contribution < 1.29 is 0 Å². The van der Waals surface area contributed by atoms with Gasteiger partial charge in [-0.3, -0.25) is 0 Å². The normalized spacial score (nSPS) is 10.1. The Hall–Kier alpha value is -1.42. The van der Waals surface area contributed by atoms with Crippen LogP contribution >= 0.6 is 15.9 Å². The number of hydrogen-bond donors (Lipinski definition) is 0. The molecule has 0 saturated carbocycles. The maximum atomic E-state index is 4.29. The zero-order valence-corrected chi connectivity index (χ0v) is 10.6. The van der Waals surface area contributed by atoms with Crippen LogP contribution in [-0.4, -0.2) is 16.5 Å². The first kappa shape index (κ1) is 11.1. The van der Waals surface area contributed by atoms with Crippen LogP contribution in [0.25, 0.3) is 0 Å². The van der Waals surface area contributed by atoms with Crippen LogP contribution in [0.1, 0.15) is 6.92 Å². The third kappa shape index (κ3) is 2.22. The predicted octanol–water partition coefficient (Wildman–Crippen LogP) is 3.40. The molecule has 0 saturated heterocycles. The van der Waals surface area contributed by atoms with Crippen molar-refractivity contribution in [2.24, 2.45) is 0 Å². The van der Waals surface area contributed by atoms with Gasteiger partial charge < -0.3 is 4.90 Å². The molecule has 0 radical (unpaired) electrons. The average molecular weight is 278 g/mol. The molecule has 2 aromatic rings. The lowest BCUT2D eigenvalue weighted by molar-refractivity contribution is 0.969. The van der Waals surface area contributed by atoms with Crippen molar-refractivity contribution >= 4 is 27.4 Å². The molecule has 1 aromatic carbocycles. The van der Waals surface area contributed by atoms with Crippen LogP contribution in [0.5, 0.6) is 0 Å². The quantitative estimate of drug-likeness (QED) is 0.861. The summed E-state index contributed by atoms with van der Waals surface area (Å²) in [4.78, 5) is 10.4. The summed E-state index contributed by atoms with van der Waals surface area (Å²) in [5, 5.41) is 0. The molecule has 0 unspecified atom stereocenters. The summed E-state index contributed by atoms with van der Waals surface area (Å²) in [5.74, 6) is 0.892. The van der Waals surface area contributed by atoms with E-state index < -0.39 is 0 Å². The molecule has 0 spiro atoms. The third-order valence-electron chi connectivity index (χ3n) is 2.29. The highest BCUT2D eigenvalue weighted by molar-refractivity contribution is 9.10. The van der Waals surface area contributed by atoms with E-state index in [4.69, 9.17) is 0 Å². The largest absolute Gasteiger partial charge is 0.326 e. The number of halogens is 1. The molecular weight excluding hydrogens is 266 g/mol. The van der Waals surface area contributed by atoms with Crippen LogP contribution in [0.3, 0.4) is 0 Å². The number of anilines is 2. The Balaban J connectivity index is 2.41.